The maximum Gasteiger partial charge on any atom is 0.574 e. The maximum atomic E-state index is 12.3. The first-order valence-electron chi connectivity index (χ1n) is 3.99. The van der Waals surface area contributed by atoms with E-state index < -0.39 is 35.6 Å². The second kappa shape index (κ2) is 4.40. The minimum atomic E-state index is -5.13. The number of pyridine rings is 1. The number of hydrogen-bond acceptors (Lipinski definition) is 4. The second-order valence-electron chi connectivity index (χ2n) is 2.77. The number of nitrogen functional groups attached to an aromatic ring is 1. The van der Waals surface area contributed by atoms with Crippen molar-refractivity contribution in [3.05, 3.63) is 17.3 Å². The normalized spacial score (nSPS) is 11.4. The zero-order valence-electron chi connectivity index (χ0n) is 7.92. The van der Waals surface area contributed by atoms with Crippen LogP contribution in [0.2, 0.25) is 0 Å². The molecule has 0 amide bonds. The molecule has 0 aliphatic heterocycles. The first-order valence-corrected chi connectivity index (χ1v) is 3.99. The van der Waals surface area contributed by atoms with Gasteiger partial charge >= 0.3 is 6.36 Å². The molecule has 4 nitrogen and oxygen atoms in total. The summed E-state index contributed by atoms with van der Waals surface area (Å²) in [4.78, 5) is 2.90. The number of nitriles is 1. The lowest BCUT2D eigenvalue weighted by atomic mass is 10.2. The van der Waals surface area contributed by atoms with Crippen molar-refractivity contribution in [2.45, 2.75) is 12.8 Å². The highest BCUT2D eigenvalue weighted by molar-refractivity contribution is 5.61. The van der Waals surface area contributed by atoms with E-state index in [4.69, 9.17) is 11.0 Å². The van der Waals surface area contributed by atoms with Gasteiger partial charge in [-0.2, -0.15) is 5.26 Å². The molecule has 0 saturated carbocycles. The van der Waals surface area contributed by atoms with Crippen LogP contribution in [0.5, 0.6) is 5.88 Å². The quantitative estimate of drug-likeness (QED) is 0.821. The van der Waals surface area contributed by atoms with Gasteiger partial charge in [0.2, 0.25) is 5.88 Å². The van der Waals surface area contributed by atoms with Crippen LogP contribution in [-0.2, 0) is 0 Å². The van der Waals surface area contributed by atoms with Crippen molar-refractivity contribution in [1.82, 2.24) is 4.98 Å². The molecule has 2 N–H and O–H groups in total. The van der Waals surface area contributed by atoms with Crippen LogP contribution in [0.1, 0.15) is 17.7 Å². The van der Waals surface area contributed by atoms with E-state index in [1.54, 1.807) is 0 Å². The van der Waals surface area contributed by atoms with Crippen molar-refractivity contribution in [2.75, 3.05) is 5.73 Å². The standard InChI is InChI=1S/C8H4F5N3O/c9-6(10)4-1-3(2-14)5(15)7(16-4)17-8(11,12)13/h1,6H,15H2. The number of hydrogen-bond donors (Lipinski definition) is 1. The molecule has 1 aromatic heterocycles. The number of nitrogens with two attached hydrogens (primary N) is 1. The number of nitrogens with zero attached hydrogens (tertiary/aromatic N) is 2. The summed E-state index contributed by atoms with van der Waals surface area (Å²) in [7, 11) is 0. The Bertz CT molecular complexity index is 465. The van der Waals surface area contributed by atoms with E-state index >= 15 is 0 Å². The van der Waals surface area contributed by atoms with E-state index in [0.717, 1.165) is 0 Å². The van der Waals surface area contributed by atoms with E-state index in [0.29, 0.717) is 6.07 Å². The minimum Gasteiger partial charge on any atom is -0.393 e. The molecule has 0 bridgehead atoms. The second-order valence-corrected chi connectivity index (χ2v) is 2.77. The van der Waals surface area contributed by atoms with E-state index in [9.17, 15) is 22.0 Å². The molecule has 0 aromatic carbocycles. The SMILES string of the molecule is N#Cc1cc(C(F)F)nc(OC(F)(F)F)c1N. The molecule has 1 heterocycles. The molecule has 17 heavy (non-hydrogen) atoms. The molecule has 0 saturated heterocycles. The summed E-state index contributed by atoms with van der Waals surface area (Å²) in [5.74, 6) is -1.26. The van der Waals surface area contributed by atoms with Gasteiger partial charge in [-0.25, -0.2) is 13.8 Å². The summed E-state index contributed by atoms with van der Waals surface area (Å²) in [6.07, 6.45) is -8.27. The molecule has 0 unspecified atom stereocenters. The van der Waals surface area contributed by atoms with Gasteiger partial charge < -0.3 is 10.5 Å². The van der Waals surface area contributed by atoms with Crippen molar-refractivity contribution in [3.63, 3.8) is 0 Å². The molecule has 0 atom stereocenters. The van der Waals surface area contributed by atoms with Gasteiger partial charge in [-0.15, -0.1) is 13.2 Å². The fourth-order valence-corrected chi connectivity index (χ4v) is 0.942. The highest BCUT2D eigenvalue weighted by Gasteiger charge is 2.33. The highest BCUT2D eigenvalue weighted by Crippen LogP contribution is 2.31. The van der Waals surface area contributed by atoms with Crippen molar-refractivity contribution in [3.8, 4) is 11.9 Å². The lowest BCUT2D eigenvalue weighted by Gasteiger charge is -2.12. The van der Waals surface area contributed by atoms with Crippen molar-refractivity contribution in [1.29, 1.82) is 5.26 Å². The molecular weight excluding hydrogens is 249 g/mol. The number of aromatic nitrogens is 1. The Morgan fingerprint density at radius 3 is 2.41 bits per heavy atom. The predicted molar refractivity (Wildman–Crippen MR) is 45.0 cm³/mol. The van der Waals surface area contributed by atoms with Gasteiger partial charge in [0, 0.05) is 0 Å². The predicted octanol–water partition coefficient (Wildman–Crippen LogP) is 2.37. The van der Waals surface area contributed by atoms with Crippen LogP contribution in [0.25, 0.3) is 0 Å². The third-order valence-corrected chi connectivity index (χ3v) is 1.60. The molecule has 0 radical (unpaired) electrons. The lowest BCUT2D eigenvalue weighted by Crippen LogP contribution is -2.19. The maximum absolute atomic E-state index is 12.3. The number of rotatable bonds is 2. The van der Waals surface area contributed by atoms with Gasteiger partial charge in [0.25, 0.3) is 6.43 Å². The van der Waals surface area contributed by atoms with E-state index in [-0.39, 0.29) is 0 Å². The molecule has 0 aliphatic carbocycles. The molecule has 0 aliphatic rings. The van der Waals surface area contributed by atoms with E-state index in [2.05, 4.69) is 9.72 Å². The Kier molecular flexibility index (Phi) is 3.36. The van der Waals surface area contributed by atoms with Crippen LogP contribution in [0.15, 0.2) is 6.07 Å². The number of anilines is 1. The zero-order valence-corrected chi connectivity index (χ0v) is 7.92. The lowest BCUT2D eigenvalue weighted by molar-refractivity contribution is -0.275. The van der Waals surface area contributed by atoms with E-state index in [1.165, 1.54) is 6.07 Å². The van der Waals surface area contributed by atoms with Gasteiger partial charge in [0.15, 0.2) is 0 Å². The Hall–Kier alpha value is -2.11. The molecular formula is C8H4F5N3O. The molecule has 0 fully saturated rings. The van der Waals surface area contributed by atoms with Crippen LogP contribution in [-0.4, -0.2) is 11.3 Å². The Morgan fingerprint density at radius 1 is 1.41 bits per heavy atom. The minimum absolute atomic E-state index is 0.561. The van der Waals surface area contributed by atoms with Crippen molar-refractivity contribution >= 4 is 5.69 Å². The van der Waals surface area contributed by atoms with Crippen LogP contribution in [0.4, 0.5) is 27.6 Å². The number of halogens is 5. The van der Waals surface area contributed by atoms with Gasteiger partial charge in [-0.05, 0) is 6.07 Å². The fourth-order valence-electron chi connectivity index (χ4n) is 0.942. The summed E-state index contributed by atoms with van der Waals surface area (Å²) in [5.41, 5.74) is 2.79. The number of ether oxygens (including phenoxy) is 1. The van der Waals surface area contributed by atoms with Crippen LogP contribution < -0.4 is 10.5 Å². The summed E-state index contributed by atoms with van der Waals surface area (Å²) in [6.45, 7) is 0. The summed E-state index contributed by atoms with van der Waals surface area (Å²) in [5, 5.41) is 8.51. The Balaban J connectivity index is 3.29. The van der Waals surface area contributed by atoms with Crippen LogP contribution in [0.3, 0.4) is 0 Å². The van der Waals surface area contributed by atoms with Crippen LogP contribution >= 0.6 is 0 Å². The van der Waals surface area contributed by atoms with Crippen molar-refractivity contribution < 1.29 is 26.7 Å². The Labute approximate surface area is 91.4 Å². The first kappa shape index (κ1) is 13.0. The molecule has 1 aromatic rings. The fraction of sp³-hybridized carbons (Fsp3) is 0.250. The van der Waals surface area contributed by atoms with Crippen LogP contribution in [0, 0.1) is 11.3 Å². The third kappa shape index (κ3) is 3.17. The summed E-state index contributed by atoms with van der Waals surface area (Å²) >= 11 is 0. The molecule has 9 heteroatoms. The topological polar surface area (TPSA) is 71.9 Å². The smallest absolute Gasteiger partial charge is 0.393 e. The van der Waals surface area contributed by atoms with Gasteiger partial charge in [0.05, 0.1) is 5.56 Å². The van der Waals surface area contributed by atoms with Gasteiger partial charge in [-0.3, -0.25) is 0 Å². The molecule has 0 spiro atoms. The summed E-state index contributed by atoms with van der Waals surface area (Å²) < 4.78 is 63.6. The average molecular weight is 253 g/mol. The zero-order chi connectivity index (χ0) is 13.2. The summed E-state index contributed by atoms with van der Waals surface area (Å²) in [6, 6.07) is 1.97. The monoisotopic (exact) mass is 253 g/mol. The van der Waals surface area contributed by atoms with Crippen molar-refractivity contribution in [2.24, 2.45) is 0 Å². The first-order chi connectivity index (χ1) is 7.74. The molecule has 92 valence electrons. The number of alkyl halides is 5. The van der Waals surface area contributed by atoms with Gasteiger partial charge in [-0.1, -0.05) is 0 Å². The largest absolute Gasteiger partial charge is 0.574 e. The highest BCUT2D eigenvalue weighted by atomic mass is 19.4. The van der Waals surface area contributed by atoms with E-state index in [1.807, 2.05) is 0 Å². The molecule has 1 rings (SSSR count). The average Bonchev–Trinajstić information content (AvgIpc) is 2.18. The third-order valence-electron chi connectivity index (χ3n) is 1.60. The Morgan fingerprint density at radius 2 is 2.00 bits per heavy atom. The van der Waals surface area contributed by atoms with Gasteiger partial charge in [0.1, 0.15) is 17.5 Å².